The predicted octanol–water partition coefficient (Wildman–Crippen LogP) is 4.03. The second kappa shape index (κ2) is 5.46. The van der Waals surface area contributed by atoms with Gasteiger partial charge in [0.25, 0.3) is 0 Å². The lowest BCUT2D eigenvalue weighted by Gasteiger charge is -2.37. The summed E-state index contributed by atoms with van der Waals surface area (Å²) in [5.74, 6) is -0.823. The van der Waals surface area contributed by atoms with E-state index in [0.29, 0.717) is 10.1 Å². The SMILES string of the molecule is O=C(O)c1cc(SC2CCOC3(CCCC3)C2)cs1. The van der Waals surface area contributed by atoms with E-state index in [2.05, 4.69) is 0 Å². The van der Waals surface area contributed by atoms with Gasteiger partial charge in [0.05, 0.1) is 5.60 Å². The second-order valence-electron chi connectivity index (χ2n) is 5.42. The molecule has 1 aliphatic carbocycles. The molecule has 1 unspecified atom stereocenters. The second-order valence-corrected chi connectivity index (χ2v) is 7.71. The fraction of sp³-hybridized carbons (Fsp3) is 0.643. The largest absolute Gasteiger partial charge is 0.477 e. The minimum Gasteiger partial charge on any atom is -0.477 e. The van der Waals surface area contributed by atoms with E-state index >= 15 is 0 Å². The number of thiophene rings is 1. The minimum absolute atomic E-state index is 0.140. The molecule has 2 heterocycles. The average Bonchev–Trinajstić information content (AvgIpc) is 3.00. The van der Waals surface area contributed by atoms with Crippen molar-refractivity contribution < 1.29 is 14.6 Å². The zero-order valence-electron chi connectivity index (χ0n) is 10.8. The quantitative estimate of drug-likeness (QED) is 0.915. The first-order valence-electron chi connectivity index (χ1n) is 6.79. The molecule has 3 rings (SSSR count). The van der Waals surface area contributed by atoms with Gasteiger partial charge >= 0.3 is 5.97 Å². The van der Waals surface area contributed by atoms with Gasteiger partial charge in [-0.2, -0.15) is 0 Å². The van der Waals surface area contributed by atoms with Crippen LogP contribution >= 0.6 is 23.1 Å². The summed E-state index contributed by atoms with van der Waals surface area (Å²) in [5, 5.41) is 11.5. The number of thioether (sulfide) groups is 1. The Bertz CT molecular complexity index is 463. The molecule has 3 nitrogen and oxygen atoms in total. The molecule has 0 bridgehead atoms. The fourth-order valence-electron chi connectivity index (χ4n) is 3.14. The Balaban J connectivity index is 1.64. The third-order valence-corrected chi connectivity index (χ3v) is 6.36. The summed E-state index contributed by atoms with van der Waals surface area (Å²) in [6.45, 7) is 0.855. The number of aromatic carboxylic acids is 1. The van der Waals surface area contributed by atoms with Crippen molar-refractivity contribution in [2.45, 2.75) is 54.3 Å². The van der Waals surface area contributed by atoms with Gasteiger partial charge in [0.2, 0.25) is 0 Å². The van der Waals surface area contributed by atoms with Crippen LogP contribution in [0.25, 0.3) is 0 Å². The summed E-state index contributed by atoms with van der Waals surface area (Å²) in [4.78, 5) is 12.4. The lowest BCUT2D eigenvalue weighted by molar-refractivity contribution is -0.0704. The summed E-state index contributed by atoms with van der Waals surface area (Å²) in [6.07, 6.45) is 7.18. The zero-order chi connectivity index (χ0) is 13.3. The van der Waals surface area contributed by atoms with Crippen LogP contribution in [0.2, 0.25) is 0 Å². The van der Waals surface area contributed by atoms with Gasteiger partial charge < -0.3 is 9.84 Å². The van der Waals surface area contributed by atoms with Crippen molar-refractivity contribution in [3.63, 3.8) is 0 Å². The van der Waals surface area contributed by atoms with Gasteiger partial charge in [-0.05, 0) is 31.7 Å². The Morgan fingerprint density at radius 3 is 2.95 bits per heavy atom. The minimum atomic E-state index is -0.823. The monoisotopic (exact) mass is 298 g/mol. The number of ether oxygens (including phenoxy) is 1. The Kier molecular flexibility index (Phi) is 3.87. The van der Waals surface area contributed by atoms with E-state index in [-0.39, 0.29) is 5.60 Å². The molecule has 5 heteroatoms. The van der Waals surface area contributed by atoms with Crippen molar-refractivity contribution >= 4 is 29.1 Å². The van der Waals surface area contributed by atoms with Gasteiger partial charge in [-0.25, -0.2) is 4.79 Å². The van der Waals surface area contributed by atoms with Crippen molar-refractivity contribution in [2.75, 3.05) is 6.61 Å². The maximum atomic E-state index is 10.9. The number of carboxylic acids is 1. The van der Waals surface area contributed by atoms with Gasteiger partial charge in [-0.3, -0.25) is 0 Å². The number of rotatable bonds is 3. The molecule has 104 valence electrons. The van der Waals surface area contributed by atoms with Crippen molar-refractivity contribution in [3.05, 3.63) is 16.3 Å². The van der Waals surface area contributed by atoms with Crippen LogP contribution in [-0.4, -0.2) is 28.5 Å². The third-order valence-electron chi connectivity index (χ3n) is 4.05. The van der Waals surface area contributed by atoms with Gasteiger partial charge in [0.15, 0.2) is 0 Å². The molecule has 1 N–H and O–H groups in total. The van der Waals surface area contributed by atoms with Crippen LogP contribution < -0.4 is 0 Å². The molecule has 2 fully saturated rings. The maximum Gasteiger partial charge on any atom is 0.345 e. The molecule has 1 aromatic heterocycles. The average molecular weight is 298 g/mol. The summed E-state index contributed by atoms with van der Waals surface area (Å²) in [7, 11) is 0. The van der Waals surface area contributed by atoms with Gasteiger partial charge in [-0.15, -0.1) is 23.1 Å². The lowest BCUT2D eigenvalue weighted by atomic mass is 9.92. The number of carbonyl (C=O) groups is 1. The highest BCUT2D eigenvalue weighted by molar-refractivity contribution is 8.00. The van der Waals surface area contributed by atoms with Crippen LogP contribution in [0.15, 0.2) is 16.3 Å². The Morgan fingerprint density at radius 2 is 2.26 bits per heavy atom. The van der Waals surface area contributed by atoms with Gasteiger partial charge in [-0.1, -0.05) is 12.8 Å². The molecule has 1 aliphatic heterocycles. The lowest BCUT2D eigenvalue weighted by Crippen LogP contribution is -2.38. The summed E-state index contributed by atoms with van der Waals surface area (Å²) in [6, 6.07) is 1.80. The first-order chi connectivity index (χ1) is 9.17. The standard InChI is InChI=1S/C14H18O3S2/c15-13(16)12-7-11(9-18-12)19-10-3-6-17-14(8-10)4-1-2-5-14/h7,9-10H,1-6,8H2,(H,15,16). The number of hydrogen-bond acceptors (Lipinski definition) is 4. The van der Waals surface area contributed by atoms with Crippen LogP contribution in [0, 0.1) is 0 Å². The molecule has 0 radical (unpaired) electrons. The van der Waals surface area contributed by atoms with Crippen molar-refractivity contribution in [1.82, 2.24) is 0 Å². The van der Waals surface area contributed by atoms with E-state index in [1.807, 2.05) is 17.1 Å². The first-order valence-corrected chi connectivity index (χ1v) is 8.55. The number of carboxylic acid groups (broad SMARTS) is 1. The van der Waals surface area contributed by atoms with Crippen LogP contribution in [-0.2, 0) is 4.74 Å². The predicted molar refractivity (Wildman–Crippen MR) is 77.3 cm³/mol. The molecule has 0 amide bonds. The van der Waals surface area contributed by atoms with Crippen molar-refractivity contribution in [2.24, 2.45) is 0 Å². The Labute approximate surface area is 121 Å². The van der Waals surface area contributed by atoms with Crippen molar-refractivity contribution in [1.29, 1.82) is 0 Å². The van der Waals surface area contributed by atoms with E-state index in [4.69, 9.17) is 9.84 Å². The molecular weight excluding hydrogens is 280 g/mol. The maximum absolute atomic E-state index is 10.9. The molecule has 19 heavy (non-hydrogen) atoms. The summed E-state index contributed by atoms with van der Waals surface area (Å²) in [5.41, 5.74) is 0.140. The molecule has 1 spiro atoms. The highest BCUT2D eigenvalue weighted by Gasteiger charge is 2.40. The smallest absolute Gasteiger partial charge is 0.345 e. The molecule has 1 aromatic rings. The van der Waals surface area contributed by atoms with E-state index in [0.717, 1.165) is 24.3 Å². The highest BCUT2D eigenvalue weighted by atomic mass is 32.2. The topological polar surface area (TPSA) is 46.5 Å². The van der Waals surface area contributed by atoms with Gasteiger partial charge in [0.1, 0.15) is 4.88 Å². The third kappa shape index (κ3) is 2.98. The van der Waals surface area contributed by atoms with Crippen LogP contribution in [0.5, 0.6) is 0 Å². The number of hydrogen-bond donors (Lipinski definition) is 1. The van der Waals surface area contributed by atoms with E-state index in [9.17, 15) is 4.79 Å². The van der Waals surface area contributed by atoms with Crippen LogP contribution in [0.4, 0.5) is 0 Å². The van der Waals surface area contributed by atoms with Crippen molar-refractivity contribution in [3.8, 4) is 0 Å². The molecule has 1 saturated carbocycles. The molecular formula is C14H18O3S2. The molecule has 1 saturated heterocycles. The fourth-order valence-corrected chi connectivity index (χ4v) is 5.36. The Morgan fingerprint density at radius 1 is 1.47 bits per heavy atom. The molecule has 2 aliphatic rings. The Hall–Kier alpha value is -0.520. The normalized spacial score (nSPS) is 25.8. The van der Waals surface area contributed by atoms with Crippen LogP contribution in [0.1, 0.15) is 48.2 Å². The first kappa shape index (κ1) is 13.5. The highest BCUT2D eigenvalue weighted by Crippen LogP contribution is 2.44. The van der Waals surface area contributed by atoms with E-state index < -0.39 is 5.97 Å². The summed E-state index contributed by atoms with van der Waals surface area (Å²) >= 11 is 3.15. The van der Waals surface area contributed by atoms with Gasteiger partial charge in [0, 0.05) is 22.1 Å². The summed E-state index contributed by atoms with van der Waals surface area (Å²) < 4.78 is 6.03. The molecule has 1 atom stereocenters. The zero-order valence-corrected chi connectivity index (χ0v) is 12.4. The van der Waals surface area contributed by atoms with Crippen LogP contribution in [0.3, 0.4) is 0 Å². The van der Waals surface area contributed by atoms with E-state index in [1.165, 1.54) is 37.0 Å². The molecule has 0 aromatic carbocycles. The van der Waals surface area contributed by atoms with E-state index in [1.54, 1.807) is 6.07 Å².